The Kier molecular flexibility index (Phi) is 1.89. The van der Waals surface area contributed by atoms with Crippen molar-refractivity contribution in [2.75, 3.05) is 5.32 Å². The van der Waals surface area contributed by atoms with Gasteiger partial charge in [-0.1, -0.05) is 24.3 Å². The molecule has 2 heteroatoms. The Morgan fingerprint density at radius 1 is 1.13 bits per heavy atom. The fourth-order valence-electron chi connectivity index (χ4n) is 2.21. The van der Waals surface area contributed by atoms with E-state index in [2.05, 4.69) is 41.7 Å². The zero-order chi connectivity index (χ0) is 10.3. The summed E-state index contributed by atoms with van der Waals surface area (Å²) in [5.74, 6) is 0. The molecule has 1 aliphatic heterocycles. The summed E-state index contributed by atoms with van der Waals surface area (Å²) in [6.07, 6.45) is 2.21. The van der Waals surface area contributed by atoms with Gasteiger partial charge in [0.25, 0.3) is 0 Å². The number of anilines is 1. The van der Waals surface area contributed by atoms with Crippen molar-refractivity contribution in [3.05, 3.63) is 42.0 Å². The molecule has 3 N–H and O–H groups in total. The summed E-state index contributed by atoms with van der Waals surface area (Å²) >= 11 is 0. The second-order valence-corrected chi connectivity index (χ2v) is 4.15. The van der Waals surface area contributed by atoms with Crippen LogP contribution in [0.1, 0.15) is 12.0 Å². The Bertz CT molecular complexity index is 505. The molecule has 0 fully saturated rings. The zero-order valence-electron chi connectivity index (χ0n) is 8.53. The van der Waals surface area contributed by atoms with Crippen molar-refractivity contribution in [3.8, 4) is 0 Å². The molecule has 1 heterocycles. The Morgan fingerprint density at radius 3 is 2.67 bits per heavy atom. The van der Waals surface area contributed by atoms with E-state index in [1.54, 1.807) is 0 Å². The summed E-state index contributed by atoms with van der Waals surface area (Å²) in [4.78, 5) is 0. The number of fused-ring (bicyclic) bond motifs is 2. The lowest BCUT2D eigenvalue weighted by atomic mass is 9.98. The van der Waals surface area contributed by atoms with Gasteiger partial charge in [-0.05, 0) is 41.3 Å². The van der Waals surface area contributed by atoms with E-state index in [9.17, 15) is 0 Å². The average molecular weight is 198 g/mol. The highest BCUT2D eigenvalue weighted by atomic mass is 15.0. The van der Waals surface area contributed by atoms with Crippen LogP contribution in [0.25, 0.3) is 10.8 Å². The van der Waals surface area contributed by atoms with E-state index in [0.29, 0.717) is 0 Å². The predicted octanol–water partition coefficient (Wildman–Crippen LogP) is 2.48. The highest BCUT2D eigenvalue weighted by Gasteiger charge is 2.14. The molecule has 1 atom stereocenters. The van der Waals surface area contributed by atoms with Gasteiger partial charge < -0.3 is 11.1 Å². The molecule has 3 rings (SSSR count). The van der Waals surface area contributed by atoms with Crippen LogP contribution >= 0.6 is 0 Å². The summed E-state index contributed by atoms with van der Waals surface area (Å²) in [6.45, 7) is 0. The summed E-state index contributed by atoms with van der Waals surface area (Å²) in [6, 6.07) is 12.9. The second-order valence-electron chi connectivity index (χ2n) is 4.15. The van der Waals surface area contributed by atoms with Crippen LogP contribution in [0.3, 0.4) is 0 Å². The molecular formula is C13H14N2. The Hall–Kier alpha value is -1.54. The maximum atomic E-state index is 5.88. The second kappa shape index (κ2) is 3.24. The van der Waals surface area contributed by atoms with E-state index in [4.69, 9.17) is 5.73 Å². The fraction of sp³-hybridized carbons (Fsp3) is 0.231. The van der Waals surface area contributed by atoms with Gasteiger partial charge >= 0.3 is 0 Å². The van der Waals surface area contributed by atoms with Gasteiger partial charge in [0.15, 0.2) is 0 Å². The first-order valence-corrected chi connectivity index (χ1v) is 5.37. The molecule has 1 aliphatic rings. The third-order valence-corrected chi connectivity index (χ3v) is 3.04. The minimum atomic E-state index is 0.110. The highest BCUT2D eigenvalue weighted by Crippen LogP contribution is 2.28. The predicted molar refractivity (Wildman–Crippen MR) is 63.9 cm³/mol. The van der Waals surface area contributed by atoms with Crippen molar-refractivity contribution in [2.45, 2.75) is 19.0 Å². The number of benzene rings is 2. The van der Waals surface area contributed by atoms with Crippen LogP contribution in [0, 0.1) is 0 Å². The lowest BCUT2D eigenvalue weighted by Gasteiger charge is -2.24. The van der Waals surface area contributed by atoms with Gasteiger partial charge in [0.05, 0.1) is 6.17 Å². The summed E-state index contributed by atoms with van der Waals surface area (Å²) in [7, 11) is 0. The topological polar surface area (TPSA) is 38.0 Å². The Morgan fingerprint density at radius 2 is 1.87 bits per heavy atom. The quantitative estimate of drug-likeness (QED) is 0.682. The maximum absolute atomic E-state index is 5.88. The van der Waals surface area contributed by atoms with Crippen LogP contribution in [-0.4, -0.2) is 6.17 Å². The van der Waals surface area contributed by atoms with Gasteiger partial charge in [-0.25, -0.2) is 0 Å². The van der Waals surface area contributed by atoms with Crippen LogP contribution in [0.15, 0.2) is 36.4 Å². The smallest absolute Gasteiger partial charge is 0.0746 e. The van der Waals surface area contributed by atoms with Gasteiger partial charge in [0.1, 0.15) is 0 Å². The van der Waals surface area contributed by atoms with Crippen molar-refractivity contribution in [1.82, 2.24) is 0 Å². The van der Waals surface area contributed by atoms with Crippen LogP contribution < -0.4 is 11.1 Å². The first kappa shape index (κ1) is 8.74. The standard InChI is InChI=1S/C13H14N2/c14-13-6-5-11-7-9-3-1-2-4-10(9)8-12(11)15-13/h1-4,7-8,13,15H,5-6,14H2. The largest absolute Gasteiger partial charge is 0.370 e. The third kappa shape index (κ3) is 1.47. The first-order chi connectivity index (χ1) is 7.33. The summed E-state index contributed by atoms with van der Waals surface area (Å²) in [5.41, 5.74) is 8.47. The van der Waals surface area contributed by atoms with Crippen molar-refractivity contribution < 1.29 is 0 Å². The Labute approximate surface area is 89.1 Å². The van der Waals surface area contributed by atoms with Crippen molar-refractivity contribution in [2.24, 2.45) is 5.73 Å². The maximum Gasteiger partial charge on any atom is 0.0746 e. The van der Waals surface area contributed by atoms with Crippen molar-refractivity contribution in [3.63, 3.8) is 0 Å². The first-order valence-electron chi connectivity index (χ1n) is 5.37. The number of hydrogen-bond donors (Lipinski definition) is 2. The lowest BCUT2D eigenvalue weighted by molar-refractivity contribution is 0.656. The van der Waals surface area contributed by atoms with E-state index in [-0.39, 0.29) is 6.17 Å². The highest BCUT2D eigenvalue weighted by molar-refractivity contribution is 5.87. The molecule has 0 radical (unpaired) electrons. The average Bonchev–Trinajstić information content (AvgIpc) is 2.26. The molecular weight excluding hydrogens is 184 g/mol. The number of aryl methyl sites for hydroxylation is 1. The molecule has 76 valence electrons. The molecule has 0 aromatic heterocycles. The monoisotopic (exact) mass is 198 g/mol. The molecule has 0 saturated carbocycles. The molecule has 0 aliphatic carbocycles. The third-order valence-electron chi connectivity index (χ3n) is 3.04. The normalized spacial score (nSPS) is 19.7. The molecule has 0 bridgehead atoms. The van der Waals surface area contributed by atoms with E-state index in [1.165, 1.54) is 22.0 Å². The van der Waals surface area contributed by atoms with Crippen LogP contribution in [0.2, 0.25) is 0 Å². The van der Waals surface area contributed by atoms with Gasteiger partial charge in [-0.2, -0.15) is 0 Å². The molecule has 15 heavy (non-hydrogen) atoms. The zero-order valence-corrected chi connectivity index (χ0v) is 8.53. The van der Waals surface area contributed by atoms with Crippen molar-refractivity contribution in [1.29, 1.82) is 0 Å². The number of nitrogens with one attached hydrogen (secondary N) is 1. The van der Waals surface area contributed by atoms with Crippen LogP contribution in [0.5, 0.6) is 0 Å². The van der Waals surface area contributed by atoms with E-state index < -0.39 is 0 Å². The molecule has 2 aromatic carbocycles. The lowest BCUT2D eigenvalue weighted by Crippen LogP contribution is -2.33. The van der Waals surface area contributed by atoms with Gasteiger partial charge in [0.2, 0.25) is 0 Å². The Balaban J connectivity index is 2.20. The molecule has 0 spiro atoms. The van der Waals surface area contributed by atoms with E-state index in [1.807, 2.05) is 0 Å². The van der Waals surface area contributed by atoms with Gasteiger partial charge in [-0.15, -0.1) is 0 Å². The molecule has 2 nitrogen and oxygen atoms in total. The van der Waals surface area contributed by atoms with Crippen LogP contribution in [0.4, 0.5) is 5.69 Å². The van der Waals surface area contributed by atoms with Crippen molar-refractivity contribution >= 4 is 16.5 Å². The van der Waals surface area contributed by atoms with Crippen LogP contribution in [-0.2, 0) is 6.42 Å². The minimum absolute atomic E-state index is 0.110. The number of hydrogen-bond acceptors (Lipinski definition) is 2. The number of rotatable bonds is 0. The fourth-order valence-corrected chi connectivity index (χ4v) is 2.21. The molecule has 0 amide bonds. The van der Waals surface area contributed by atoms with E-state index in [0.717, 1.165) is 12.8 Å². The molecule has 0 saturated heterocycles. The minimum Gasteiger partial charge on any atom is -0.370 e. The molecule has 2 aromatic rings. The van der Waals surface area contributed by atoms with Gasteiger partial charge in [-0.3, -0.25) is 0 Å². The van der Waals surface area contributed by atoms with E-state index >= 15 is 0 Å². The molecule has 1 unspecified atom stereocenters. The summed E-state index contributed by atoms with van der Waals surface area (Å²) < 4.78 is 0. The van der Waals surface area contributed by atoms with Gasteiger partial charge in [0, 0.05) is 5.69 Å². The number of nitrogens with two attached hydrogens (primary N) is 1. The summed E-state index contributed by atoms with van der Waals surface area (Å²) in [5, 5.41) is 5.92. The SMILES string of the molecule is NC1CCc2cc3ccccc3cc2N1.